The predicted molar refractivity (Wildman–Crippen MR) is 81.0 cm³/mol. The van der Waals surface area contributed by atoms with E-state index in [2.05, 4.69) is 6.92 Å². The lowest BCUT2D eigenvalue weighted by Crippen LogP contribution is -2.39. The number of rotatable bonds is 10. The Morgan fingerprint density at radius 3 is 2.10 bits per heavy atom. The molecule has 5 heteroatoms. The Kier molecular flexibility index (Phi) is 9.84. The Morgan fingerprint density at radius 1 is 1.00 bits per heavy atom. The third-order valence-electron chi connectivity index (χ3n) is 3.24. The summed E-state index contributed by atoms with van der Waals surface area (Å²) < 4.78 is 15.2. The minimum Gasteiger partial charge on any atom is -0.465 e. The van der Waals surface area contributed by atoms with Gasteiger partial charge in [0.15, 0.2) is 0 Å². The number of carbonyl (C=O) groups is 2. The Morgan fingerprint density at radius 2 is 1.62 bits per heavy atom. The van der Waals surface area contributed by atoms with Gasteiger partial charge in [0.05, 0.1) is 13.2 Å². The lowest BCUT2D eigenvalue weighted by atomic mass is 9.76. The van der Waals surface area contributed by atoms with Crippen molar-refractivity contribution in [1.82, 2.24) is 0 Å². The minimum absolute atomic E-state index is 0.0167. The first-order chi connectivity index (χ1) is 9.91. The normalized spacial score (nSPS) is 13.6. The van der Waals surface area contributed by atoms with Gasteiger partial charge in [-0.3, -0.25) is 4.79 Å². The van der Waals surface area contributed by atoms with Crippen LogP contribution in [-0.2, 0) is 19.0 Å². The van der Waals surface area contributed by atoms with Crippen molar-refractivity contribution in [2.75, 3.05) is 19.8 Å². The van der Waals surface area contributed by atoms with Crippen LogP contribution in [-0.4, -0.2) is 31.9 Å². The highest BCUT2D eigenvalue weighted by molar-refractivity contribution is 5.77. The van der Waals surface area contributed by atoms with Crippen molar-refractivity contribution >= 4 is 12.1 Å². The maximum atomic E-state index is 12.4. The second-order valence-corrected chi connectivity index (χ2v) is 5.67. The van der Waals surface area contributed by atoms with Crippen molar-refractivity contribution in [1.29, 1.82) is 0 Å². The maximum Gasteiger partial charge on any atom is 0.508 e. The van der Waals surface area contributed by atoms with Gasteiger partial charge in [-0.1, -0.05) is 33.6 Å². The van der Waals surface area contributed by atoms with E-state index >= 15 is 0 Å². The zero-order chi connectivity index (χ0) is 16.3. The molecule has 0 heterocycles. The number of ether oxygens (including phenoxy) is 3. The van der Waals surface area contributed by atoms with E-state index in [1.165, 1.54) is 0 Å². The summed E-state index contributed by atoms with van der Waals surface area (Å²) in [5, 5.41) is 0. The van der Waals surface area contributed by atoms with Crippen LogP contribution in [0.15, 0.2) is 0 Å². The van der Waals surface area contributed by atoms with Gasteiger partial charge >= 0.3 is 12.1 Å². The molecule has 0 aromatic heterocycles. The monoisotopic (exact) mass is 302 g/mol. The molecule has 0 amide bonds. The molecule has 0 N–H and O–H groups in total. The predicted octanol–water partition coefficient (Wildman–Crippen LogP) is 3.95. The fourth-order valence-electron chi connectivity index (χ4n) is 2.41. The maximum absolute atomic E-state index is 12.4. The molecule has 0 bridgehead atoms. The van der Waals surface area contributed by atoms with Crippen molar-refractivity contribution in [3.05, 3.63) is 0 Å². The molecule has 0 spiro atoms. The molecule has 0 aromatic rings. The average Bonchev–Trinajstić information content (AvgIpc) is 2.42. The van der Waals surface area contributed by atoms with Crippen LogP contribution in [0, 0.1) is 11.3 Å². The van der Waals surface area contributed by atoms with Crippen molar-refractivity contribution < 1.29 is 23.8 Å². The third kappa shape index (κ3) is 7.34. The highest BCUT2D eigenvalue weighted by atomic mass is 16.7. The molecule has 0 fully saturated rings. The zero-order valence-corrected chi connectivity index (χ0v) is 14.1. The van der Waals surface area contributed by atoms with E-state index in [4.69, 9.17) is 14.2 Å². The number of carbonyl (C=O) groups excluding carboxylic acids is 2. The first-order valence-corrected chi connectivity index (χ1v) is 7.88. The molecule has 1 unspecified atom stereocenters. The first kappa shape index (κ1) is 19.7. The zero-order valence-electron chi connectivity index (χ0n) is 14.1. The Bertz CT molecular complexity index is 314. The average molecular weight is 302 g/mol. The van der Waals surface area contributed by atoms with Gasteiger partial charge in [-0.05, 0) is 32.6 Å². The molecule has 0 aromatic carbocycles. The summed E-state index contributed by atoms with van der Waals surface area (Å²) in [6, 6.07) is 0. The molecule has 21 heavy (non-hydrogen) atoms. The summed E-state index contributed by atoms with van der Waals surface area (Å²) in [6.07, 6.45) is 2.41. The molecule has 0 aliphatic heterocycles. The number of hydrogen-bond donors (Lipinski definition) is 0. The topological polar surface area (TPSA) is 61.8 Å². The van der Waals surface area contributed by atoms with Crippen LogP contribution in [0.1, 0.15) is 60.3 Å². The van der Waals surface area contributed by atoms with Gasteiger partial charge in [-0.2, -0.15) is 0 Å². The van der Waals surface area contributed by atoms with Crippen molar-refractivity contribution in [2.45, 2.75) is 60.3 Å². The lowest BCUT2D eigenvalue weighted by molar-refractivity contribution is -0.160. The van der Waals surface area contributed by atoms with Gasteiger partial charge in [0, 0.05) is 0 Å². The molecule has 124 valence electrons. The second-order valence-electron chi connectivity index (χ2n) is 5.67. The lowest BCUT2D eigenvalue weighted by Gasteiger charge is -2.32. The smallest absolute Gasteiger partial charge is 0.465 e. The fourth-order valence-corrected chi connectivity index (χ4v) is 2.41. The molecule has 5 nitrogen and oxygen atoms in total. The fraction of sp³-hybridized carbons (Fsp3) is 0.875. The van der Waals surface area contributed by atoms with Gasteiger partial charge in [0.1, 0.15) is 12.0 Å². The van der Waals surface area contributed by atoms with Crippen molar-refractivity contribution in [2.24, 2.45) is 11.3 Å². The molecular formula is C16H30O5. The summed E-state index contributed by atoms with van der Waals surface area (Å²) >= 11 is 0. The van der Waals surface area contributed by atoms with Gasteiger partial charge in [-0.15, -0.1) is 0 Å². The van der Waals surface area contributed by atoms with E-state index < -0.39 is 11.6 Å². The quantitative estimate of drug-likeness (QED) is 0.572. The standard InChI is InChI=1S/C16H30O5/c1-6-9-10-16(11-13(4)5,14(17)19-7-2)12-21-15(18)20-8-3/h13H,6-12H2,1-5H3. The molecule has 0 saturated carbocycles. The Balaban J connectivity index is 5.04. The van der Waals surface area contributed by atoms with Crippen molar-refractivity contribution in [3.63, 3.8) is 0 Å². The molecule has 0 aliphatic carbocycles. The first-order valence-electron chi connectivity index (χ1n) is 7.88. The van der Waals surface area contributed by atoms with Crippen molar-refractivity contribution in [3.8, 4) is 0 Å². The van der Waals surface area contributed by atoms with E-state index in [9.17, 15) is 9.59 Å². The SMILES string of the molecule is CCCCC(COC(=O)OCC)(CC(C)C)C(=O)OCC. The van der Waals surface area contributed by atoms with Crippen LogP contribution in [0.5, 0.6) is 0 Å². The summed E-state index contributed by atoms with van der Waals surface area (Å²) in [5.74, 6) is 0.0218. The van der Waals surface area contributed by atoms with Gasteiger partial charge in [0.2, 0.25) is 0 Å². The van der Waals surface area contributed by atoms with Crippen LogP contribution in [0.3, 0.4) is 0 Å². The summed E-state index contributed by atoms with van der Waals surface area (Å²) in [4.78, 5) is 23.9. The van der Waals surface area contributed by atoms with Gasteiger partial charge in [0.25, 0.3) is 0 Å². The number of esters is 1. The van der Waals surface area contributed by atoms with Crippen LogP contribution in [0.25, 0.3) is 0 Å². The summed E-state index contributed by atoms with van der Waals surface area (Å²) in [6.45, 7) is 10.2. The second kappa shape index (κ2) is 10.5. The van der Waals surface area contributed by atoms with E-state index in [1.54, 1.807) is 13.8 Å². The minimum atomic E-state index is -0.771. The highest BCUT2D eigenvalue weighted by Crippen LogP contribution is 2.34. The summed E-state index contributed by atoms with van der Waals surface area (Å²) in [7, 11) is 0. The highest BCUT2D eigenvalue weighted by Gasteiger charge is 2.41. The van der Waals surface area contributed by atoms with Crippen LogP contribution < -0.4 is 0 Å². The van der Waals surface area contributed by atoms with E-state index in [0.29, 0.717) is 25.4 Å². The molecule has 0 rings (SSSR count). The van der Waals surface area contributed by atoms with Gasteiger partial charge in [-0.25, -0.2) is 4.79 Å². The largest absolute Gasteiger partial charge is 0.508 e. The third-order valence-corrected chi connectivity index (χ3v) is 3.24. The van der Waals surface area contributed by atoms with Crippen LogP contribution >= 0.6 is 0 Å². The number of hydrogen-bond acceptors (Lipinski definition) is 5. The van der Waals surface area contributed by atoms with Gasteiger partial charge < -0.3 is 14.2 Å². The van der Waals surface area contributed by atoms with E-state index in [0.717, 1.165) is 12.8 Å². The molecule has 0 aliphatic rings. The van der Waals surface area contributed by atoms with Crippen LogP contribution in [0.2, 0.25) is 0 Å². The molecular weight excluding hydrogens is 272 g/mol. The van der Waals surface area contributed by atoms with E-state index in [1.807, 2.05) is 13.8 Å². The molecule has 0 radical (unpaired) electrons. The summed E-state index contributed by atoms with van der Waals surface area (Å²) in [5.41, 5.74) is -0.771. The number of unbranched alkanes of at least 4 members (excludes halogenated alkanes) is 1. The Labute approximate surface area is 128 Å². The Hall–Kier alpha value is -1.26. The van der Waals surface area contributed by atoms with E-state index in [-0.39, 0.29) is 19.2 Å². The van der Waals surface area contributed by atoms with Crippen LogP contribution in [0.4, 0.5) is 4.79 Å². The molecule has 1 atom stereocenters. The molecule has 0 saturated heterocycles.